The van der Waals surface area contributed by atoms with Gasteiger partial charge in [-0.25, -0.2) is 0 Å². The van der Waals surface area contributed by atoms with Crippen LogP contribution < -0.4 is 0 Å². The molecule has 0 spiro atoms. The summed E-state index contributed by atoms with van der Waals surface area (Å²) in [7, 11) is 0. The summed E-state index contributed by atoms with van der Waals surface area (Å²) in [5.41, 5.74) is 0. The van der Waals surface area contributed by atoms with Crippen molar-refractivity contribution >= 4 is 15.9 Å². The van der Waals surface area contributed by atoms with E-state index in [4.69, 9.17) is 0 Å². The van der Waals surface area contributed by atoms with Crippen molar-refractivity contribution in [2.24, 2.45) is 0 Å². The highest BCUT2D eigenvalue weighted by atomic mass is 79.9. The first-order valence-electron chi connectivity index (χ1n) is 3.75. The van der Waals surface area contributed by atoms with E-state index < -0.39 is 0 Å². The van der Waals surface area contributed by atoms with Crippen molar-refractivity contribution in [2.75, 3.05) is 5.33 Å². The molecule has 0 bridgehead atoms. The molecule has 55 valence electrons. The third kappa shape index (κ3) is 8.48. The first kappa shape index (κ1) is 9.48. The molecule has 1 radical (unpaired) electrons. The maximum Gasteiger partial charge on any atom is 0.00313 e. The molecule has 0 heterocycles. The Morgan fingerprint density at radius 1 is 1.11 bits per heavy atom. The maximum absolute atomic E-state index is 3.41. The van der Waals surface area contributed by atoms with Gasteiger partial charge >= 0.3 is 0 Å². The van der Waals surface area contributed by atoms with Gasteiger partial charge in [0.25, 0.3) is 0 Å². The minimum absolute atomic E-state index is 1.17. The molecule has 0 aliphatic heterocycles. The first-order valence-corrected chi connectivity index (χ1v) is 4.87. The Morgan fingerprint density at radius 3 is 2.33 bits per heavy atom. The number of alkyl halides is 1. The standard InChI is InChI=1S/C8H16Br/c1-2-3-4-5-6-7-8-9/h2H,3-8H2,1H3. The fourth-order valence-electron chi connectivity index (χ4n) is 0.797. The van der Waals surface area contributed by atoms with Crippen LogP contribution in [0.25, 0.3) is 0 Å². The Morgan fingerprint density at radius 2 is 1.78 bits per heavy atom. The van der Waals surface area contributed by atoms with E-state index in [0.717, 1.165) is 0 Å². The molecule has 0 aliphatic carbocycles. The average Bonchev–Trinajstić information content (AvgIpc) is 1.89. The van der Waals surface area contributed by atoms with Gasteiger partial charge in [0.2, 0.25) is 0 Å². The molecule has 0 N–H and O–H groups in total. The zero-order valence-corrected chi connectivity index (χ0v) is 7.78. The summed E-state index contributed by atoms with van der Waals surface area (Å²) in [5, 5.41) is 1.17. The summed E-state index contributed by atoms with van der Waals surface area (Å²) in [6.45, 7) is 2.13. The molecule has 0 saturated heterocycles. The number of rotatable bonds is 6. The normalized spacial score (nSPS) is 10.0. The summed E-state index contributed by atoms with van der Waals surface area (Å²) in [4.78, 5) is 0. The fourth-order valence-corrected chi connectivity index (χ4v) is 1.19. The highest BCUT2D eigenvalue weighted by molar-refractivity contribution is 9.09. The Hall–Kier alpha value is 0.480. The predicted molar refractivity (Wildman–Crippen MR) is 46.9 cm³/mol. The van der Waals surface area contributed by atoms with Crippen LogP contribution in [-0.4, -0.2) is 5.33 Å². The highest BCUT2D eigenvalue weighted by Gasteiger charge is 1.86. The average molecular weight is 192 g/mol. The third-order valence-corrected chi connectivity index (χ3v) is 1.94. The van der Waals surface area contributed by atoms with Crippen molar-refractivity contribution in [3.8, 4) is 0 Å². The lowest BCUT2D eigenvalue weighted by molar-refractivity contribution is 0.667. The second-order valence-corrected chi connectivity index (χ2v) is 3.09. The van der Waals surface area contributed by atoms with Gasteiger partial charge in [0, 0.05) is 5.33 Å². The second kappa shape index (κ2) is 8.48. The Balaban J connectivity index is 2.60. The third-order valence-electron chi connectivity index (χ3n) is 1.38. The zero-order valence-electron chi connectivity index (χ0n) is 6.20. The summed E-state index contributed by atoms with van der Waals surface area (Å²) in [6.07, 6.45) is 9.04. The molecule has 0 atom stereocenters. The Kier molecular flexibility index (Phi) is 8.93. The van der Waals surface area contributed by atoms with E-state index in [1.54, 1.807) is 0 Å². The van der Waals surface area contributed by atoms with E-state index in [1.807, 2.05) is 0 Å². The smallest absolute Gasteiger partial charge is 0.00313 e. The lowest BCUT2D eigenvalue weighted by Crippen LogP contribution is -1.78. The van der Waals surface area contributed by atoms with Crippen LogP contribution in [0.4, 0.5) is 0 Å². The molecule has 9 heavy (non-hydrogen) atoms. The van der Waals surface area contributed by atoms with Gasteiger partial charge in [-0.3, -0.25) is 0 Å². The molecular weight excluding hydrogens is 176 g/mol. The van der Waals surface area contributed by atoms with Gasteiger partial charge in [-0.15, -0.1) is 0 Å². The fraction of sp³-hybridized carbons (Fsp3) is 0.875. The molecule has 0 aliphatic rings. The molecule has 1 heteroatoms. The van der Waals surface area contributed by atoms with Crippen molar-refractivity contribution in [1.29, 1.82) is 0 Å². The van der Waals surface area contributed by atoms with Crippen LogP contribution in [0.2, 0.25) is 0 Å². The molecule has 0 aromatic heterocycles. The number of unbranched alkanes of at least 4 members (excludes halogenated alkanes) is 5. The van der Waals surface area contributed by atoms with Gasteiger partial charge in [0.15, 0.2) is 0 Å². The number of hydrogen-bond donors (Lipinski definition) is 0. The minimum Gasteiger partial charge on any atom is -0.0928 e. The highest BCUT2D eigenvalue weighted by Crippen LogP contribution is 2.04. The molecule has 0 saturated carbocycles. The lowest BCUT2D eigenvalue weighted by atomic mass is 10.1. The zero-order chi connectivity index (χ0) is 6.95. The van der Waals surface area contributed by atoms with E-state index >= 15 is 0 Å². The lowest BCUT2D eigenvalue weighted by Gasteiger charge is -1.95. The second-order valence-electron chi connectivity index (χ2n) is 2.30. The van der Waals surface area contributed by atoms with E-state index in [9.17, 15) is 0 Å². The molecule has 0 unspecified atom stereocenters. The van der Waals surface area contributed by atoms with Crippen molar-refractivity contribution in [1.82, 2.24) is 0 Å². The van der Waals surface area contributed by atoms with Crippen LogP contribution in [0.15, 0.2) is 0 Å². The molecule has 0 aromatic carbocycles. The first-order chi connectivity index (χ1) is 4.41. The van der Waals surface area contributed by atoms with Gasteiger partial charge in [-0.2, -0.15) is 0 Å². The van der Waals surface area contributed by atoms with E-state index in [1.165, 1.54) is 37.4 Å². The minimum atomic E-state index is 1.17. The van der Waals surface area contributed by atoms with Crippen LogP contribution >= 0.6 is 15.9 Å². The van der Waals surface area contributed by atoms with Crippen LogP contribution in [0.5, 0.6) is 0 Å². The predicted octanol–water partition coefficient (Wildman–Crippen LogP) is 3.56. The van der Waals surface area contributed by atoms with Gasteiger partial charge in [-0.05, 0) is 12.8 Å². The van der Waals surface area contributed by atoms with Crippen LogP contribution in [0.1, 0.15) is 39.0 Å². The van der Waals surface area contributed by atoms with Crippen molar-refractivity contribution < 1.29 is 0 Å². The molecule has 0 aromatic rings. The van der Waals surface area contributed by atoms with Crippen molar-refractivity contribution in [3.05, 3.63) is 6.42 Å². The van der Waals surface area contributed by atoms with Gasteiger partial charge in [0.05, 0.1) is 0 Å². The largest absolute Gasteiger partial charge is 0.0928 e. The maximum atomic E-state index is 3.41. The Bertz CT molecular complexity index is 37.8. The van der Waals surface area contributed by atoms with Crippen LogP contribution in [0, 0.1) is 6.42 Å². The monoisotopic (exact) mass is 191 g/mol. The molecular formula is C8H16Br. The van der Waals surface area contributed by atoms with Crippen molar-refractivity contribution in [2.45, 2.75) is 39.0 Å². The van der Waals surface area contributed by atoms with Crippen molar-refractivity contribution in [3.63, 3.8) is 0 Å². The quantitative estimate of drug-likeness (QED) is 0.446. The molecule has 0 nitrogen and oxygen atoms in total. The van der Waals surface area contributed by atoms with E-state index in [0.29, 0.717) is 0 Å². The molecule has 0 fully saturated rings. The topological polar surface area (TPSA) is 0 Å². The molecule has 0 rings (SSSR count). The van der Waals surface area contributed by atoms with E-state index in [-0.39, 0.29) is 0 Å². The summed E-state index contributed by atoms with van der Waals surface area (Å²) in [5.74, 6) is 0. The van der Waals surface area contributed by atoms with Crippen LogP contribution in [-0.2, 0) is 0 Å². The van der Waals surface area contributed by atoms with Gasteiger partial charge < -0.3 is 0 Å². The number of halogens is 1. The summed E-state index contributed by atoms with van der Waals surface area (Å²) in [6, 6.07) is 0. The van der Waals surface area contributed by atoms with Gasteiger partial charge in [0.1, 0.15) is 0 Å². The number of hydrogen-bond acceptors (Lipinski definition) is 0. The van der Waals surface area contributed by atoms with Gasteiger partial charge in [-0.1, -0.05) is 48.5 Å². The Labute approximate surface area is 67.2 Å². The van der Waals surface area contributed by atoms with Crippen LogP contribution in [0.3, 0.4) is 0 Å². The SMILES string of the molecule is C[CH]CCCCCCBr. The summed E-state index contributed by atoms with van der Waals surface area (Å²) < 4.78 is 0. The molecule has 0 amide bonds. The van der Waals surface area contributed by atoms with E-state index in [2.05, 4.69) is 29.3 Å². The summed E-state index contributed by atoms with van der Waals surface area (Å²) >= 11 is 3.41.